The number of nitrogens with one attached hydrogen (secondary N) is 1. The average molecular weight is 317 g/mol. The van der Waals surface area contributed by atoms with Gasteiger partial charge in [0.15, 0.2) is 0 Å². The van der Waals surface area contributed by atoms with Gasteiger partial charge in [-0.3, -0.25) is 19.6 Å². The van der Waals surface area contributed by atoms with Gasteiger partial charge < -0.3 is 10.2 Å². The molecule has 8 heteroatoms. The zero-order chi connectivity index (χ0) is 16.8. The topological polar surface area (TPSA) is 93.3 Å². The van der Waals surface area contributed by atoms with E-state index in [-0.39, 0.29) is 17.2 Å². The lowest BCUT2D eigenvalue weighted by atomic mass is 10.1. The Hall–Kier alpha value is -2.90. The smallest absolute Gasteiger partial charge is 0.293 e. The van der Waals surface area contributed by atoms with Crippen LogP contribution in [0.2, 0.25) is 0 Å². The van der Waals surface area contributed by atoms with E-state index in [2.05, 4.69) is 10.4 Å². The number of rotatable bonds is 7. The first kappa shape index (κ1) is 16.5. The summed E-state index contributed by atoms with van der Waals surface area (Å²) in [6.45, 7) is 1.18. The third-order valence-electron chi connectivity index (χ3n) is 3.32. The Kier molecular flexibility index (Phi) is 5.29. The van der Waals surface area contributed by atoms with E-state index in [0.717, 1.165) is 6.42 Å². The number of hydrogen-bond acceptors (Lipinski definition) is 5. The molecule has 2 aromatic rings. The first-order valence-corrected chi connectivity index (χ1v) is 7.20. The van der Waals surface area contributed by atoms with Crippen LogP contribution in [0.1, 0.15) is 16.8 Å². The number of nitro groups is 1. The molecule has 1 aromatic heterocycles. The van der Waals surface area contributed by atoms with Gasteiger partial charge in [0.05, 0.1) is 4.92 Å². The Morgan fingerprint density at radius 1 is 1.43 bits per heavy atom. The van der Waals surface area contributed by atoms with Crippen LogP contribution in [0, 0.1) is 10.1 Å². The van der Waals surface area contributed by atoms with Gasteiger partial charge in [-0.1, -0.05) is 0 Å². The number of carbonyl (C=O) groups excluding carboxylic acids is 1. The van der Waals surface area contributed by atoms with Crippen LogP contribution in [-0.4, -0.2) is 41.3 Å². The van der Waals surface area contributed by atoms with E-state index >= 15 is 0 Å². The summed E-state index contributed by atoms with van der Waals surface area (Å²) in [7, 11) is 3.44. The van der Waals surface area contributed by atoms with Crippen LogP contribution >= 0.6 is 0 Å². The largest absolute Gasteiger partial charge is 0.372 e. The Bertz CT molecular complexity index is 682. The van der Waals surface area contributed by atoms with Crippen molar-refractivity contribution in [3.63, 3.8) is 0 Å². The van der Waals surface area contributed by atoms with Crippen molar-refractivity contribution in [1.82, 2.24) is 15.1 Å². The predicted molar refractivity (Wildman–Crippen MR) is 86.6 cm³/mol. The molecule has 0 spiro atoms. The van der Waals surface area contributed by atoms with Crippen molar-refractivity contribution in [3.8, 4) is 0 Å². The van der Waals surface area contributed by atoms with Crippen LogP contribution in [0.15, 0.2) is 36.7 Å². The van der Waals surface area contributed by atoms with Crippen LogP contribution < -0.4 is 10.2 Å². The maximum absolute atomic E-state index is 12.1. The number of carbonyl (C=O) groups is 1. The molecule has 0 saturated heterocycles. The van der Waals surface area contributed by atoms with Gasteiger partial charge in [0, 0.05) is 51.2 Å². The van der Waals surface area contributed by atoms with Crippen LogP contribution in [0.5, 0.6) is 0 Å². The summed E-state index contributed by atoms with van der Waals surface area (Å²) in [5.74, 6) is -0.320. The van der Waals surface area contributed by atoms with Gasteiger partial charge in [-0.2, -0.15) is 5.10 Å². The van der Waals surface area contributed by atoms with Crippen molar-refractivity contribution in [2.45, 2.75) is 13.0 Å². The normalized spacial score (nSPS) is 10.3. The van der Waals surface area contributed by atoms with Gasteiger partial charge >= 0.3 is 0 Å². The number of benzene rings is 1. The van der Waals surface area contributed by atoms with Gasteiger partial charge in [-0.05, 0) is 24.6 Å². The van der Waals surface area contributed by atoms with Crippen LogP contribution in [0.4, 0.5) is 11.4 Å². The molecule has 1 N–H and O–H groups in total. The second-order valence-electron chi connectivity index (χ2n) is 5.23. The molecule has 1 heterocycles. The summed E-state index contributed by atoms with van der Waals surface area (Å²) in [5, 5.41) is 18.0. The van der Waals surface area contributed by atoms with E-state index in [1.165, 1.54) is 6.07 Å². The van der Waals surface area contributed by atoms with E-state index in [1.54, 1.807) is 42.0 Å². The van der Waals surface area contributed by atoms with E-state index < -0.39 is 4.92 Å². The number of amides is 1. The molecular weight excluding hydrogens is 298 g/mol. The lowest BCUT2D eigenvalue weighted by molar-refractivity contribution is -0.384. The minimum absolute atomic E-state index is 0.0841. The molecule has 23 heavy (non-hydrogen) atoms. The minimum Gasteiger partial charge on any atom is -0.372 e. The molecule has 0 aliphatic carbocycles. The highest BCUT2D eigenvalue weighted by atomic mass is 16.6. The summed E-state index contributed by atoms with van der Waals surface area (Å²) in [5.41, 5.74) is 0.658. The summed E-state index contributed by atoms with van der Waals surface area (Å²) in [6, 6.07) is 6.31. The summed E-state index contributed by atoms with van der Waals surface area (Å²) >= 11 is 0. The zero-order valence-electron chi connectivity index (χ0n) is 13.1. The lowest BCUT2D eigenvalue weighted by Crippen LogP contribution is -2.25. The molecule has 2 rings (SSSR count). The quantitative estimate of drug-likeness (QED) is 0.476. The fraction of sp³-hybridized carbons (Fsp3) is 0.333. The number of hydrogen-bond donors (Lipinski definition) is 1. The van der Waals surface area contributed by atoms with Crippen LogP contribution in [0.25, 0.3) is 0 Å². The van der Waals surface area contributed by atoms with Crippen molar-refractivity contribution in [2.24, 2.45) is 0 Å². The number of aromatic nitrogens is 2. The standard InChI is InChI=1S/C15H19N5O3/c1-18(2)13-6-5-12(11-14(13)20(22)23)15(21)16-7-3-9-19-10-4-8-17-19/h4-6,8,10-11H,3,7,9H2,1-2H3,(H,16,21). The van der Waals surface area contributed by atoms with Gasteiger partial charge in [0.1, 0.15) is 5.69 Å². The molecule has 0 unspecified atom stereocenters. The monoisotopic (exact) mass is 317 g/mol. The average Bonchev–Trinajstić information content (AvgIpc) is 3.03. The minimum atomic E-state index is -0.482. The highest BCUT2D eigenvalue weighted by Gasteiger charge is 2.18. The zero-order valence-corrected chi connectivity index (χ0v) is 13.1. The third-order valence-corrected chi connectivity index (χ3v) is 3.32. The number of anilines is 1. The first-order valence-electron chi connectivity index (χ1n) is 7.20. The summed E-state index contributed by atoms with van der Waals surface area (Å²) in [6.07, 6.45) is 4.28. The molecule has 8 nitrogen and oxygen atoms in total. The number of nitrogens with zero attached hydrogens (tertiary/aromatic N) is 4. The molecule has 1 aromatic carbocycles. The van der Waals surface area contributed by atoms with E-state index in [9.17, 15) is 14.9 Å². The Morgan fingerprint density at radius 3 is 2.83 bits per heavy atom. The molecule has 0 aliphatic heterocycles. The van der Waals surface area contributed by atoms with Crippen molar-refractivity contribution in [2.75, 3.05) is 25.5 Å². The van der Waals surface area contributed by atoms with E-state index in [4.69, 9.17) is 0 Å². The van der Waals surface area contributed by atoms with E-state index in [1.807, 2.05) is 12.3 Å². The Morgan fingerprint density at radius 2 is 2.22 bits per heavy atom. The highest BCUT2D eigenvalue weighted by molar-refractivity contribution is 5.95. The second-order valence-corrected chi connectivity index (χ2v) is 5.23. The molecule has 0 atom stereocenters. The van der Waals surface area contributed by atoms with Crippen molar-refractivity contribution < 1.29 is 9.72 Å². The Labute approximate surface area is 133 Å². The molecule has 0 bridgehead atoms. The summed E-state index contributed by atoms with van der Waals surface area (Å²) < 4.78 is 1.78. The van der Waals surface area contributed by atoms with Gasteiger partial charge in [-0.25, -0.2) is 0 Å². The fourth-order valence-electron chi connectivity index (χ4n) is 2.17. The van der Waals surface area contributed by atoms with Crippen molar-refractivity contribution >= 4 is 17.3 Å². The van der Waals surface area contributed by atoms with E-state index in [0.29, 0.717) is 18.8 Å². The second kappa shape index (κ2) is 7.39. The maximum Gasteiger partial charge on any atom is 0.293 e. The van der Waals surface area contributed by atoms with Crippen LogP contribution in [0.3, 0.4) is 0 Å². The molecule has 0 aliphatic rings. The molecule has 0 saturated carbocycles. The van der Waals surface area contributed by atoms with Crippen molar-refractivity contribution in [1.29, 1.82) is 0 Å². The molecular formula is C15H19N5O3. The SMILES string of the molecule is CN(C)c1ccc(C(=O)NCCCn2cccn2)cc1[N+](=O)[O-]. The summed E-state index contributed by atoms with van der Waals surface area (Å²) in [4.78, 5) is 24.4. The lowest BCUT2D eigenvalue weighted by Gasteiger charge is -2.13. The van der Waals surface area contributed by atoms with Crippen LogP contribution in [-0.2, 0) is 6.54 Å². The van der Waals surface area contributed by atoms with Gasteiger partial charge in [0.25, 0.3) is 11.6 Å². The predicted octanol–water partition coefficient (Wildman–Crippen LogP) is 1.68. The molecule has 122 valence electrons. The molecule has 0 radical (unpaired) electrons. The first-order chi connectivity index (χ1) is 11.0. The Balaban J connectivity index is 1.96. The third kappa shape index (κ3) is 4.29. The molecule has 1 amide bonds. The molecule has 0 fully saturated rings. The maximum atomic E-state index is 12.1. The number of aryl methyl sites for hydroxylation is 1. The van der Waals surface area contributed by atoms with Gasteiger partial charge in [-0.15, -0.1) is 0 Å². The van der Waals surface area contributed by atoms with Crippen molar-refractivity contribution in [3.05, 3.63) is 52.3 Å². The fourth-order valence-corrected chi connectivity index (χ4v) is 2.17. The highest BCUT2D eigenvalue weighted by Crippen LogP contribution is 2.27. The van der Waals surface area contributed by atoms with Gasteiger partial charge in [0.2, 0.25) is 0 Å². The number of nitro benzene ring substituents is 1.